The summed E-state index contributed by atoms with van der Waals surface area (Å²) in [6.07, 6.45) is 1.04. The number of carboxylic acids is 1. The van der Waals surface area contributed by atoms with Crippen LogP contribution >= 0.6 is 0 Å². The summed E-state index contributed by atoms with van der Waals surface area (Å²) in [5.41, 5.74) is 0. The predicted molar refractivity (Wildman–Crippen MR) is 54.9 cm³/mol. The van der Waals surface area contributed by atoms with Crippen molar-refractivity contribution < 1.29 is 14.6 Å². The molecule has 2 atom stereocenters. The Hall–Kier alpha value is -0.650. The van der Waals surface area contributed by atoms with Crippen molar-refractivity contribution in [3.05, 3.63) is 0 Å². The lowest BCUT2D eigenvalue weighted by atomic mass is 10.1. The van der Waals surface area contributed by atoms with Crippen molar-refractivity contribution in [3.8, 4) is 0 Å². The second-order valence-electron chi connectivity index (χ2n) is 4.35. The topological polar surface area (TPSA) is 53.0 Å². The van der Waals surface area contributed by atoms with E-state index in [1.165, 1.54) is 0 Å². The van der Waals surface area contributed by atoms with E-state index in [1.54, 1.807) is 0 Å². The number of carboxylic acid groups (broad SMARTS) is 1. The van der Waals surface area contributed by atoms with Crippen LogP contribution in [0.2, 0.25) is 0 Å². The van der Waals surface area contributed by atoms with E-state index in [0.29, 0.717) is 12.6 Å². The van der Waals surface area contributed by atoms with Crippen molar-refractivity contribution >= 4 is 5.97 Å². The van der Waals surface area contributed by atoms with Crippen LogP contribution in [0.15, 0.2) is 0 Å². The van der Waals surface area contributed by atoms with Crippen LogP contribution in [0, 0.1) is 0 Å². The maximum absolute atomic E-state index is 11.0. The van der Waals surface area contributed by atoms with Gasteiger partial charge in [-0.05, 0) is 13.5 Å². The van der Waals surface area contributed by atoms with E-state index in [-0.39, 0.29) is 6.04 Å². The summed E-state index contributed by atoms with van der Waals surface area (Å²) in [4.78, 5) is 15.2. The standard InChI is InChI=1S/C10H18N2O3/c1-11-3-4-12(6-9(11)10(13)14)8-2-5-15-7-8/h8-9H,2-7H2,1H3,(H,13,14). The number of hydrogen-bond donors (Lipinski definition) is 1. The molecule has 2 aliphatic heterocycles. The minimum Gasteiger partial charge on any atom is -0.480 e. The molecular weight excluding hydrogens is 196 g/mol. The van der Waals surface area contributed by atoms with Crippen LogP contribution in [0.4, 0.5) is 0 Å². The molecule has 5 heteroatoms. The SMILES string of the molecule is CN1CCN(C2CCOC2)CC1C(=O)O. The molecule has 15 heavy (non-hydrogen) atoms. The zero-order valence-electron chi connectivity index (χ0n) is 9.06. The Kier molecular flexibility index (Phi) is 3.23. The van der Waals surface area contributed by atoms with Crippen LogP contribution in [-0.2, 0) is 9.53 Å². The van der Waals surface area contributed by atoms with E-state index in [2.05, 4.69) is 4.90 Å². The molecule has 86 valence electrons. The van der Waals surface area contributed by atoms with Gasteiger partial charge in [0, 0.05) is 32.3 Å². The molecule has 2 unspecified atom stereocenters. The number of likely N-dealkylation sites (N-methyl/N-ethyl adjacent to an activating group) is 1. The summed E-state index contributed by atoms with van der Waals surface area (Å²) in [7, 11) is 1.88. The van der Waals surface area contributed by atoms with Crippen molar-refractivity contribution in [1.82, 2.24) is 9.80 Å². The molecule has 2 fully saturated rings. The van der Waals surface area contributed by atoms with Crippen LogP contribution in [0.3, 0.4) is 0 Å². The first kappa shape index (κ1) is 10.9. The van der Waals surface area contributed by atoms with Gasteiger partial charge in [0.2, 0.25) is 0 Å². The molecule has 2 heterocycles. The molecule has 0 aliphatic carbocycles. The first-order valence-electron chi connectivity index (χ1n) is 5.43. The van der Waals surface area contributed by atoms with Crippen molar-refractivity contribution in [2.24, 2.45) is 0 Å². The zero-order valence-corrected chi connectivity index (χ0v) is 9.06. The molecule has 2 rings (SSSR count). The van der Waals surface area contributed by atoms with Crippen molar-refractivity contribution in [2.45, 2.75) is 18.5 Å². The van der Waals surface area contributed by atoms with Gasteiger partial charge in [0.1, 0.15) is 6.04 Å². The summed E-state index contributed by atoms with van der Waals surface area (Å²) in [5.74, 6) is -0.721. The fourth-order valence-corrected chi connectivity index (χ4v) is 2.30. The lowest BCUT2D eigenvalue weighted by molar-refractivity contribution is -0.145. The monoisotopic (exact) mass is 214 g/mol. The van der Waals surface area contributed by atoms with Gasteiger partial charge in [-0.1, -0.05) is 0 Å². The summed E-state index contributed by atoms with van der Waals surface area (Å²) in [5, 5.41) is 9.07. The Morgan fingerprint density at radius 2 is 2.27 bits per heavy atom. The van der Waals surface area contributed by atoms with E-state index in [1.807, 2.05) is 11.9 Å². The first-order valence-corrected chi connectivity index (χ1v) is 5.43. The van der Waals surface area contributed by atoms with Crippen LogP contribution in [0.1, 0.15) is 6.42 Å². The van der Waals surface area contributed by atoms with Gasteiger partial charge in [-0.2, -0.15) is 0 Å². The highest BCUT2D eigenvalue weighted by atomic mass is 16.5. The van der Waals surface area contributed by atoms with E-state index < -0.39 is 5.97 Å². The Balaban J connectivity index is 1.95. The number of aliphatic carboxylic acids is 1. The maximum Gasteiger partial charge on any atom is 0.322 e. The van der Waals surface area contributed by atoms with Gasteiger partial charge < -0.3 is 9.84 Å². The van der Waals surface area contributed by atoms with Crippen molar-refractivity contribution in [2.75, 3.05) is 39.9 Å². The number of hydrogen-bond acceptors (Lipinski definition) is 4. The highest BCUT2D eigenvalue weighted by molar-refractivity contribution is 5.73. The van der Waals surface area contributed by atoms with Gasteiger partial charge in [0.05, 0.1) is 6.61 Å². The number of rotatable bonds is 2. The van der Waals surface area contributed by atoms with E-state index in [9.17, 15) is 4.79 Å². The third kappa shape index (κ3) is 2.30. The molecule has 0 bridgehead atoms. The van der Waals surface area contributed by atoms with Crippen LogP contribution in [0.25, 0.3) is 0 Å². The van der Waals surface area contributed by atoms with E-state index in [4.69, 9.17) is 9.84 Å². The first-order chi connectivity index (χ1) is 7.18. The molecule has 5 nitrogen and oxygen atoms in total. The molecule has 2 saturated heterocycles. The van der Waals surface area contributed by atoms with Gasteiger partial charge in [-0.25, -0.2) is 0 Å². The lowest BCUT2D eigenvalue weighted by Gasteiger charge is -2.39. The van der Waals surface area contributed by atoms with Gasteiger partial charge in [0.15, 0.2) is 0 Å². The van der Waals surface area contributed by atoms with E-state index in [0.717, 1.165) is 32.7 Å². The Labute approximate surface area is 89.6 Å². The summed E-state index contributed by atoms with van der Waals surface area (Å²) >= 11 is 0. The fourth-order valence-electron chi connectivity index (χ4n) is 2.30. The molecule has 0 amide bonds. The molecular formula is C10H18N2O3. The molecule has 1 N–H and O–H groups in total. The Bertz CT molecular complexity index is 241. The quantitative estimate of drug-likeness (QED) is 0.670. The number of nitrogens with zero attached hydrogens (tertiary/aromatic N) is 2. The molecule has 0 aromatic heterocycles. The van der Waals surface area contributed by atoms with Crippen molar-refractivity contribution in [1.29, 1.82) is 0 Å². The zero-order chi connectivity index (χ0) is 10.8. The largest absolute Gasteiger partial charge is 0.480 e. The summed E-state index contributed by atoms with van der Waals surface area (Å²) in [6.45, 7) is 3.98. The van der Waals surface area contributed by atoms with Crippen LogP contribution < -0.4 is 0 Å². The van der Waals surface area contributed by atoms with Gasteiger partial charge in [0.25, 0.3) is 0 Å². The average molecular weight is 214 g/mol. The molecule has 0 aromatic carbocycles. The minimum atomic E-state index is -0.721. The fraction of sp³-hybridized carbons (Fsp3) is 0.900. The molecule has 2 aliphatic rings. The van der Waals surface area contributed by atoms with Gasteiger partial charge in [-0.15, -0.1) is 0 Å². The van der Waals surface area contributed by atoms with E-state index >= 15 is 0 Å². The Morgan fingerprint density at radius 3 is 2.87 bits per heavy atom. The molecule has 0 radical (unpaired) electrons. The maximum atomic E-state index is 11.0. The van der Waals surface area contributed by atoms with Gasteiger partial charge >= 0.3 is 5.97 Å². The Morgan fingerprint density at radius 1 is 1.47 bits per heavy atom. The normalized spacial score (nSPS) is 34.5. The highest BCUT2D eigenvalue weighted by Gasteiger charge is 2.34. The summed E-state index contributed by atoms with van der Waals surface area (Å²) < 4.78 is 5.33. The number of ether oxygens (including phenoxy) is 1. The van der Waals surface area contributed by atoms with Crippen molar-refractivity contribution in [3.63, 3.8) is 0 Å². The average Bonchev–Trinajstić information content (AvgIpc) is 2.71. The lowest BCUT2D eigenvalue weighted by Crippen LogP contribution is -2.57. The number of piperazine rings is 1. The highest BCUT2D eigenvalue weighted by Crippen LogP contribution is 2.17. The predicted octanol–water partition coefficient (Wildman–Crippen LogP) is -0.524. The summed E-state index contributed by atoms with van der Waals surface area (Å²) in [6, 6.07) is 0.0694. The molecule has 0 saturated carbocycles. The van der Waals surface area contributed by atoms with Crippen LogP contribution in [-0.4, -0.2) is 72.9 Å². The van der Waals surface area contributed by atoms with Crippen LogP contribution in [0.5, 0.6) is 0 Å². The molecule has 0 aromatic rings. The van der Waals surface area contributed by atoms with Gasteiger partial charge in [-0.3, -0.25) is 14.6 Å². The second kappa shape index (κ2) is 4.47. The third-order valence-corrected chi connectivity index (χ3v) is 3.39. The minimum absolute atomic E-state index is 0.362. The number of carbonyl (C=O) groups is 1. The third-order valence-electron chi connectivity index (χ3n) is 3.39. The molecule has 0 spiro atoms. The smallest absolute Gasteiger partial charge is 0.322 e. The second-order valence-corrected chi connectivity index (χ2v) is 4.35.